The van der Waals surface area contributed by atoms with Gasteiger partial charge in [-0.3, -0.25) is 9.59 Å². The van der Waals surface area contributed by atoms with Crippen LogP contribution in [0.2, 0.25) is 0 Å². The summed E-state index contributed by atoms with van der Waals surface area (Å²) in [5, 5.41) is 5.45. The maximum absolute atomic E-state index is 12.4. The van der Waals surface area contributed by atoms with Crippen molar-refractivity contribution >= 4 is 35.1 Å². The molecule has 0 aliphatic rings. The number of rotatable bonds is 7. The molecule has 2 N–H and O–H groups in total. The number of anilines is 2. The minimum Gasteiger partial charge on any atom is -0.465 e. The number of ether oxygens (including phenoxy) is 1. The van der Waals surface area contributed by atoms with E-state index in [0.717, 1.165) is 5.56 Å². The van der Waals surface area contributed by atoms with E-state index in [2.05, 4.69) is 15.4 Å². The van der Waals surface area contributed by atoms with Crippen LogP contribution in [0.5, 0.6) is 0 Å². The number of benzene rings is 2. The van der Waals surface area contributed by atoms with Crippen molar-refractivity contribution in [3.8, 4) is 0 Å². The molecule has 0 aliphatic carbocycles. The summed E-state index contributed by atoms with van der Waals surface area (Å²) in [6, 6.07) is 14.7. The quantitative estimate of drug-likeness (QED) is 0.411. The van der Waals surface area contributed by atoms with Crippen LogP contribution in [0.25, 0.3) is 6.08 Å². The van der Waals surface area contributed by atoms with Gasteiger partial charge >= 0.3 is 11.6 Å². The zero-order chi connectivity index (χ0) is 24.0. The highest BCUT2D eigenvalue weighted by Crippen LogP contribution is 2.17. The van der Waals surface area contributed by atoms with Crippen molar-refractivity contribution in [2.75, 3.05) is 17.7 Å². The number of carbonyl (C=O) groups excluding carboxylic acids is 3. The molecule has 0 saturated carbocycles. The summed E-state index contributed by atoms with van der Waals surface area (Å²) >= 11 is 0. The molecular weight excluding hydrogens is 424 g/mol. The van der Waals surface area contributed by atoms with Crippen molar-refractivity contribution in [3.05, 3.63) is 99.2 Å². The fourth-order valence-electron chi connectivity index (χ4n) is 2.90. The Bertz CT molecular complexity index is 1270. The monoisotopic (exact) mass is 446 g/mol. The topological polar surface area (TPSA) is 115 Å². The van der Waals surface area contributed by atoms with E-state index in [-0.39, 0.29) is 22.8 Å². The second-order valence-corrected chi connectivity index (χ2v) is 7.15. The first kappa shape index (κ1) is 23.2. The molecule has 0 saturated heterocycles. The van der Waals surface area contributed by atoms with Gasteiger partial charge in [0.1, 0.15) is 11.4 Å². The van der Waals surface area contributed by atoms with Crippen molar-refractivity contribution in [3.63, 3.8) is 0 Å². The van der Waals surface area contributed by atoms with Crippen LogP contribution in [0.4, 0.5) is 11.4 Å². The zero-order valence-electron chi connectivity index (χ0n) is 18.3. The fourth-order valence-corrected chi connectivity index (χ4v) is 2.90. The summed E-state index contributed by atoms with van der Waals surface area (Å²) < 4.78 is 9.93. The van der Waals surface area contributed by atoms with Crippen molar-refractivity contribution in [1.29, 1.82) is 0 Å². The Morgan fingerprint density at radius 2 is 1.61 bits per heavy atom. The number of methoxy groups -OCH3 is 1. The number of Topliss-reactive ketones (excluding diaryl/α,β-unsaturated/α-hetero) is 1. The van der Waals surface area contributed by atoms with Crippen LogP contribution in [0, 0.1) is 6.92 Å². The predicted octanol–water partition coefficient (Wildman–Crippen LogP) is 4.27. The second-order valence-electron chi connectivity index (χ2n) is 7.15. The van der Waals surface area contributed by atoms with E-state index in [4.69, 9.17) is 4.42 Å². The lowest BCUT2D eigenvalue weighted by atomic mass is 10.1. The Morgan fingerprint density at radius 3 is 2.21 bits per heavy atom. The number of hydrogen-bond donors (Lipinski definition) is 2. The summed E-state index contributed by atoms with van der Waals surface area (Å²) in [5.74, 6) is -1.23. The Morgan fingerprint density at radius 1 is 0.970 bits per heavy atom. The molecule has 8 nitrogen and oxygen atoms in total. The van der Waals surface area contributed by atoms with E-state index < -0.39 is 17.5 Å². The van der Waals surface area contributed by atoms with Gasteiger partial charge in [0.15, 0.2) is 5.78 Å². The van der Waals surface area contributed by atoms with Gasteiger partial charge in [0.2, 0.25) is 0 Å². The van der Waals surface area contributed by atoms with Gasteiger partial charge in [0, 0.05) is 17.5 Å². The molecule has 1 heterocycles. The van der Waals surface area contributed by atoms with Gasteiger partial charge in [-0.15, -0.1) is 0 Å². The van der Waals surface area contributed by atoms with Crippen LogP contribution in [0.1, 0.15) is 49.3 Å². The average Bonchev–Trinajstić information content (AvgIpc) is 2.80. The number of aryl methyl sites for hydroxylation is 1. The maximum Gasteiger partial charge on any atom is 0.360 e. The summed E-state index contributed by atoms with van der Waals surface area (Å²) in [6.07, 6.45) is 2.92. The number of hydrogen-bond acceptors (Lipinski definition) is 7. The van der Waals surface area contributed by atoms with Gasteiger partial charge < -0.3 is 19.8 Å². The van der Waals surface area contributed by atoms with Gasteiger partial charge in [-0.05, 0) is 62.4 Å². The van der Waals surface area contributed by atoms with E-state index in [9.17, 15) is 19.2 Å². The molecule has 1 amide bonds. The van der Waals surface area contributed by atoms with E-state index in [0.29, 0.717) is 16.8 Å². The lowest BCUT2D eigenvalue weighted by Gasteiger charge is -2.08. The molecule has 33 heavy (non-hydrogen) atoms. The molecule has 0 aliphatic heterocycles. The predicted molar refractivity (Wildman–Crippen MR) is 125 cm³/mol. The maximum atomic E-state index is 12.4. The van der Waals surface area contributed by atoms with Gasteiger partial charge in [-0.25, -0.2) is 9.59 Å². The van der Waals surface area contributed by atoms with Gasteiger partial charge in [-0.2, -0.15) is 0 Å². The summed E-state index contributed by atoms with van der Waals surface area (Å²) in [5.41, 5.74) is 1.64. The van der Waals surface area contributed by atoms with Crippen LogP contribution in [-0.4, -0.2) is 24.8 Å². The highest BCUT2D eigenvalue weighted by Gasteiger charge is 2.16. The Kier molecular flexibility index (Phi) is 7.20. The Hall–Kier alpha value is -4.46. The first-order valence-corrected chi connectivity index (χ1v) is 9.97. The smallest absolute Gasteiger partial charge is 0.360 e. The third-order valence-electron chi connectivity index (χ3n) is 4.71. The highest BCUT2D eigenvalue weighted by atomic mass is 16.5. The minimum atomic E-state index is -0.789. The molecule has 0 radical (unpaired) electrons. The normalized spacial score (nSPS) is 10.6. The number of carbonyl (C=O) groups is 3. The molecular formula is C25H22N2O6. The molecule has 0 atom stereocenters. The lowest BCUT2D eigenvalue weighted by molar-refractivity contribution is 0.0600. The van der Waals surface area contributed by atoms with E-state index in [1.165, 1.54) is 32.4 Å². The van der Waals surface area contributed by atoms with Crippen LogP contribution < -0.4 is 16.3 Å². The fraction of sp³-hybridized carbons (Fsp3) is 0.120. The molecule has 1 aromatic heterocycles. The van der Waals surface area contributed by atoms with Crippen molar-refractivity contribution in [2.45, 2.75) is 13.8 Å². The largest absolute Gasteiger partial charge is 0.465 e. The first-order chi connectivity index (χ1) is 15.8. The van der Waals surface area contributed by atoms with Crippen molar-refractivity contribution in [2.24, 2.45) is 0 Å². The molecule has 0 fully saturated rings. The van der Waals surface area contributed by atoms with E-state index in [1.807, 2.05) is 6.92 Å². The van der Waals surface area contributed by atoms with Gasteiger partial charge in [-0.1, -0.05) is 17.7 Å². The second kappa shape index (κ2) is 10.2. The van der Waals surface area contributed by atoms with Crippen LogP contribution in [0.3, 0.4) is 0 Å². The number of esters is 1. The molecule has 0 unspecified atom stereocenters. The van der Waals surface area contributed by atoms with Crippen LogP contribution in [0.15, 0.2) is 70.0 Å². The number of nitrogens with one attached hydrogen (secondary N) is 2. The third-order valence-corrected chi connectivity index (χ3v) is 4.71. The van der Waals surface area contributed by atoms with Crippen LogP contribution in [-0.2, 0) is 4.74 Å². The molecule has 168 valence electrons. The van der Waals surface area contributed by atoms with E-state index >= 15 is 0 Å². The molecule has 0 bridgehead atoms. The molecule has 2 aromatic carbocycles. The minimum absolute atomic E-state index is 0.0412. The standard InChI is InChI=1S/C25H22N2O6/c1-15-4-6-17(7-5-15)23(29)27-21-14-20(16(2)28)22(33-25(21)31)12-13-26-19-10-8-18(9-11-19)24(30)32-3/h4-14,26H,1-3H3,(H,27,29)/b13-12+. The molecule has 0 spiro atoms. The van der Waals surface area contributed by atoms with Crippen LogP contribution >= 0.6 is 0 Å². The first-order valence-electron chi connectivity index (χ1n) is 9.97. The average molecular weight is 446 g/mol. The zero-order valence-corrected chi connectivity index (χ0v) is 18.3. The van der Waals surface area contributed by atoms with E-state index in [1.54, 1.807) is 48.5 Å². The number of ketones is 1. The molecule has 3 aromatic rings. The molecule has 3 rings (SSSR count). The molecule has 8 heteroatoms. The van der Waals surface area contributed by atoms with Gasteiger partial charge in [0.25, 0.3) is 5.91 Å². The number of amides is 1. The summed E-state index contributed by atoms with van der Waals surface area (Å²) in [4.78, 5) is 48.4. The summed E-state index contributed by atoms with van der Waals surface area (Å²) in [6.45, 7) is 3.23. The summed E-state index contributed by atoms with van der Waals surface area (Å²) in [7, 11) is 1.30. The van der Waals surface area contributed by atoms with Gasteiger partial charge in [0.05, 0.1) is 18.2 Å². The Labute approximate surface area is 189 Å². The third kappa shape index (κ3) is 5.82. The SMILES string of the molecule is COC(=O)c1ccc(N/C=C/c2oc(=O)c(NC(=O)c3ccc(C)cc3)cc2C(C)=O)cc1. The van der Waals surface area contributed by atoms with Crippen molar-refractivity contribution < 1.29 is 23.5 Å². The lowest BCUT2D eigenvalue weighted by Crippen LogP contribution is -2.19. The highest BCUT2D eigenvalue weighted by molar-refractivity contribution is 6.05. The van der Waals surface area contributed by atoms with Crippen molar-refractivity contribution in [1.82, 2.24) is 0 Å². The Balaban J connectivity index is 1.78.